The number of hydrogen-bond acceptors (Lipinski definition) is 8. The van der Waals surface area contributed by atoms with E-state index in [0.29, 0.717) is 17.9 Å². The van der Waals surface area contributed by atoms with E-state index in [-0.39, 0.29) is 45.3 Å². The van der Waals surface area contributed by atoms with E-state index >= 15 is 0 Å². The minimum absolute atomic E-state index is 0.00842. The van der Waals surface area contributed by atoms with Gasteiger partial charge in [-0.05, 0) is 67.1 Å². The molecule has 0 radical (unpaired) electrons. The number of aliphatic hydroxyl groups excluding tert-OH is 2. The van der Waals surface area contributed by atoms with Crippen LogP contribution in [0.5, 0.6) is 11.5 Å². The van der Waals surface area contributed by atoms with Gasteiger partial charge in [0, 0.05) is 0 Å². The third-order valence-corrected chi connectivity index (χ3v) is 5.89. The largest absolute Gasteiger partial charge is 0.490 e. The molecule has 0 aliphatic heterocycles. The first-order valence-corrected chi connectivity index (χ1v) is 13.2. The molecule has 0 aromatic heterocycles. The third-order valence-electron chi connectivity index (χ3n) is 5.89. The van der Waals surface area contributed by atoms with Crippen LogP contribution in [-0.4, -0.2) is 68.5 Å². The fourth-order valence-corrected chi connectivity index (χ4v) is 3.63. The normalized spacial score (nSPS) is 11.5. The Labute approximate surface area is 229 Å². The van der Waals surface area contributed by atoms with Gasteiger partial charge in [-0.15, -0.1) is 0 Å². The quantitative estimate of drug-likeness (QED) is 0.151. The van der Waals surface area contributed by atoms with Crippen LogP contribution < -0.4 is 9.47 Å². The Morgan fingerprint density at radius 2 is 1.59 bits per heavy atom. The highest BCUT2D eigenvalue weighted by atomic mass is 19.1. The molecule has 0 amide bonds. The molecular weight excluding hydrogens is 507 g/mol. The zero-order valence-electron chi connectivity index (χ0n) is 22.5. The predicted octanol–water partition coefficient (Wildman–Crippen LogP) is 4.45. The number of alkyl halides is 1. The van der Waals surface area contributed by atoms with Crippen molar-refractivity contribution in [1.29, 1.82) is 0 Å². The number of aliphatic hydroxyl groups is 2. The number of carbonyl (C=O) groups excluding carboxylic acids is 2. The summed E-state index contributed by atoms with van der Waals surface area (Å²) in [4.78, 5) is 23.3. The highest BCUT2D eigenvalue weighted by molar-refractivity contribution is 5.87. The van der Waals surface area contributed by atoms with Gasteiger partial charge in [-0.1, -0.05) is 37.6 Å². The molecule has 1 atom stereocenters. The highest BCUT2D eigenvalue weighted by Gasteiger charge is 2.13. The summed E-state index contributed by atoms with van der Waals surface area (Å²) in [5.74, 6) is -0.519. The van der Waals surface area contributed by atoms with Crippen molar-refractivity contribution in [2.45, 2.75) is 39.0 Å². The zero-order valence-corrected chi connectivity index (χ0v) is 22.5. The molecule has 39 heavy (non-hydrogen) atoms. The minimum atomic E-state index is -0.667. The first-order valence-electron chi connectivity index (χ1n) is 13.2. The van der Waals surface area contributed by atoms with Crippen molar-refractivity contribution >= 4 is 11.9 Å². The van der Waals surface area contributed by atoms with Crippen LogP contribution in [0.15, 0.2) is 54.6 Å². The topological polar surface area (TPSA) is 112 Å². The van der Waals surface area contributed by atoms with E-state index in [4.69, 9.17) is 29.2 Å². The molecule has 0 saturated carbocycles. The molecule has 0 fully saturated rings. The summed E-state index contributed by atoms with van der Waals surface area (Å²) in [6.45, 7) is 4.35. The van der Waals surface area contributed by atoms with Crippen LogP contribution in [0.1, 0.15) is 38.2 Å². The number of rotatable bonds is 19. The minimum Gasteiger partial charge on any atom is -0.490 e. The van der Waals surface area contributed by atoms with E-state index in [1.165, 1.54) is 0 Å². The van der Waals surface area contributed by atoms with Gasteiger partial charge in [-0.2, -0.15) is 0 Å². The summed E-state index contributed by atoms with van der Waals surface area (Å²) < 4.78 is 34.1. The van der Waals surface area contributed by atoms with Crippen molar-refractivity contribution in [3.63, 3.8) is 0 Å². The Balaban J connectivity index is 2.08. The van der Waals surface area contributed by atoms with Crippen molar-refractivity contribution in [3.8, 4) is 22.6 Å². The number of hydrogen-bond donors (Lipinski definition) is 2. The van der Waals surface area contributed by atoms with E-state index in [1.807, 2.05) is 42.5 Å². The maximum absolute atomic E-state index is 12.4. The van der Waals surface area contributed by atoms with Crippen LogP contribution in [0.25, 0.3) is 11.1 Å². The number of unbranched alkanes of at least 4 members (excludes halogenated alkanes) is 3. The second-order valence-electron chi connectivity index (χ2n) is 9.05. The molecule has 2 rings (SSSR count). The monoisotopic (exact) mass is 546 g/mol. The number of aryl methyl sites for hydroxylation is 1. The van der Waals surface area contributed by atoms with Gasteiger partial charge in [-0.25, -0.2) is 4.79 Å². The zero-order chi connectivity index (χ0) is 28.5. The standard InChI is InChI=1S/C30H39FO8/c1-22(20-32)29(34)38-16-14-36-26-10-7-9-25(18-26)28-19-27(37-15-17-39-30(35)23(2)21-33)12-11-24(28)8-5-3-4-6-13-31/h7,9-12,18-19,22,32-33H,2-6,8,13-17,20-21H2,1H3. The maximum Gasteiger partial charge on any atom is 0.335 e. The summed E-state index contributed by atoms with van der Waals surface area (Å²) in [5.41, 5.74) is 2.95. The highest BCUT2D eigenvalue weighted by Crippen LogP contribution is 2.31. The average molecular weight is 547 g/mol. The molecule has 0 saturated heterocycles. The van der Waals surface area contributed by atoms with Crippen LogP contribution >= 0.6 is 0 Å². The molecule has 214 valence electrons. The second-order valence-corrected chi connectivity index (χ2v) is 9.05. The molecule has 0 spiro atoms. The van der Waals surface area contributed by atoms with E-state index < -0.39 is 24.5 Å². The molecule has 1 unspecified atom stereocenters. The van der Waals surface area contributed by atoms with Gasteiger partial charge in [-0.3, -0.25) is 9.18 Å². The number of benzene rings is 2. The van der Waals surface area contributed by atoms with Crippen molar-refractivity contribution < 1.29 is 43.1 Å². The third kappa shape index (κ3) is 11.5. The Kier molecular flexibility index (Phi) is 14.6. The first-order chi connectivity index (χ1) is 18.9. The maximum atomic E-state index is 12.4. The molecule has 0 bridgehead atoms. The summed E-state index contributed by atoms with van der Waals surface area (Å²) in [7, 11) is 0. The predicted molar refractivity (Wildman–Crippen MR) is 145 cm³/mol. The van der Waals surface area contributed by atoms with E-state index in [1.54, 1.807) is 6.92 Å². The average Bonchev–Trinajstić information content (AvgIpc) is 2.96. The van der Waals surface area contributed by atoms with Gasteiger partial charge in [0.1, 0.15) is 37.9 Å². The van der Waals surface area contributed by atoms with Gasteiger partial charge >= 0.3 is 11.9 Å². The van der Waals surface area contributed by atoms with Gasteiger partial charge in [0.05, 0.1) is 31.4 Å². The van der Waals surface area contributed by atoms with Crippen molar-refractivity contribution in [1.82, 2.24) is 0 Å². The van der Waals surface area contributed by atoms with Crippen LogP contribution in [0.3, 0.4) is 0 Å². The van der Waals surface area contributed by atoms with Gasteiger partial charge in [0.2, 0.25) is 0 Å². The summed E-state index contributed by atoms with van der Waals surface area (Å²) in [6, 6.07) is 13.3. The van der Waals surface area contributed by atoms with Crippen molar-refractivity contribution in [2.75, 3.05) is 46.3 Å². The Bertz CT molecular complexity index is 1060. The van der Waals surface area contributed by atoms with Gasteiger partial charge in [0.25, 0.3) is 0 Å². The molecule has 8 nitrogen and oxygen atoms in total. The Hall–Kier alpha value is -3.43. The first kappa shape index (κ1) is 31.8. The van der Waals surface area contributed by atoms with E-state index in [2.05, 4.69) is 6.58 Å². The van der Waals surface area contributed by atoms with Crippen LogP contribution in [0.2, 0.25) is 0 Å². The lowest BCUT2D eigenvalue weighted by Crippen LogP contribution is -2.20. The molecule has 9 heteroatoms. The summed E-state index contributed by atoms with van der Waals surface area (Å²) in [6.07, 6.45) is 4.09. The number of ether oxygens (including phenoxy) is 4. The Morgan fingerprint density at radius 1 is 0.897 bits per heavy atom. The summed E-state index contributed by atoms with van der Waals surface area (Å²) >= 11 is 0. The lowest BCUT2D eigenvalue weighted by Gasteiger charge is -2.15. The van der Waals surface area contributed by atoms with Crippen molar-refractivity contribution in [3.05, 3.63) is 60.2 Å². The number of halogens is 1. The molecule has 2 N–H and O–H groups in total. The number of carbonyl (C=O) groups is 2. The van der Waals surface area contributed by atoms with E-state index in [9.17, 15) is 14.0 Å². The fraction of sp³-hybridized carbons (Fsp3) is 0.467. The number of esters is 2. The van der Waals surface area contributed by atoms with Gasteiger partial charge < -0.3 is 29.2 Å². The lowest BCUT2D eigenvalue weighted by molar-refractivity contribution is -0.150. The second kappa shape index (κ2) is 18.0. The lowest BCUT2D eigenvalue weighted by atomic mass is 9.95. The molecule has 0 aliphatic rings. The SMILES string of the molecule is C=C(CO)C(=O)OCCOc1ccc(CCCCCCF)c(-c2cccc(OCCOC(=O)C(C)CO)c2)c1. The van der Waals surface area contributed by atoms with Crippen LogP contribution in [0, 0.1) is 5.92 Å². The molecule has 2 aromatic rings. The smallest absolute Gasteiger partial charge is 0.335 e. The van der Waals surface area contributed by atoms with Gasteiger partial charge in [0.15, 0.2) is 0 Å². The molecular formula is C30H39FO8. The van der Waals surface area contributed by atoms with Crippen LogP contribution in [0.4, 0.5) is 4.39 Å². The van der Waals surface area contributed by atoms with Crippen LogP contribution in [-0.2, 0) is 25.5 Å². The molecule has 0 heterocycles. The Morgan fingerprint density at radius 3 is 2.28 bits per heavy atom. The fourth-order valence-electron chi connectivity index (χ4n) is 3.63. The molecule has 2 aromatic carbocycles. The van der Waals surface area contributed by atoms with E-state index in [0.717, 1.165) is 42.4 Å². The summed E-state index contributed by atoms with van der Waals surface area (Å²) in [5, 5.41) is 18.0. The van der Waals surface area contributed by atoms with Crippen molar-refractivity contribution in [2.24, 2.45) is 5.92 Å². The molecule has 0 aliphatic carbocycles.